The number of nitrogens with zero attached hydrogens (tertiary/aromatic N) is 1. The molecule has 4 heteroatoms. The lowest BCUT2D eigenvalue weighted by Gasteiger charge is -2.23. The van der Waals surface area contributed by atoms with Crippen molar-refractivity contribution in [1.29, 1.82) is 0 Å². The molecule has 0 fully saturated rings. The fourth-order valence-corrected chi connectivity index (χ4v) is 2.04. The van der Waals surface area contributed by atoms with Gasteiger partial charge in [-0.3, -0.25) is 9.69 Å². The Labute approximate surface area is 131 Å². The highest BCUT2D eigenvalue weighted by Crippen LogP contribution is 2.26. The Kier molecular flexibility index (Phi) is 7.19. The number of rotatable bonds is 6. The standard InChI is InChI=1S/C17H17NO2.ClH/c19-14-8-7-13-17(20)18(15-9-3-1-4-10-15)16-11-5-2-6-12-16;/h1-6,9-12,14H,7-8,13H2;1H. The lowest BCUT2D eigenvalue weighted by Crippen LogP contribution is -2.25. The van der Waals surface area contributed by atoms with Crippen LogP contribution in [-0.2, 0) is 9.59 Å². The zero-order valence-electron chi connectivity index (χ0n) is 11.6. The molecule has 0 unspecified atom stereocenters. The highest BCUT2D eigenvalue weighted by molar-refractivity contribution is 6.00. The second kappa shape index (κ2) is 8.93. The largest absolute Gasteiger partial charge is 0.303 e. The second-order valence-electron chi connectivity index (χ2n) is 4.46. The van der Waals surface area contributed by atoms with Crippen LogP contribution in [0.15, 0.2) is 60.7 Å². The van der Waals surface area contributed by atoms with E-state index in [-0.39, 0.29) is 18.3 Å². The molecule has 110 valence electrons. The topological polar surface area (TPSA) is 37.4 Å². The normalized spacial score (nSPS) is 9.52. The number of carbonyl (C=O) groups excluding carboxylic acids is 2. The maximum atomic E-state index is 12.4. The van der Waals surface area contributed by atoms with Gasteiger partial charge in [-0.05, 0) is 30.7 Å². The minimum Gasteiger partial charge on any atom is -0.303 e. The molecule has 0 N–H and O–H groups in total. The fourth-order valence-electron chi connectivity index (χ4n) is 2.04. The number of carbonyl (C=O) groups is 2. The van der Waals surface area contributed by atoms with E-state index >= 15 is 0 Å². The minimum atomic E-state index is 0. The molecule has 0 bridgehead atoms. The van der Waals surface area contributed by atoms with E-state index in [1.165, 1.54) is 0 Å². The second-order valence-corrected chi connectivity index (χ2v) is 4.46. The van der Waals surface area contributed by atoms with Crippen molar-refractivity contribution in [3.8, 4) is 0 Å². The molecular weight excluding hydrogens is 286 g/mol. The van der Waals surface area contributed by atoms with E-state index in [4.69, 9.17) is 0 Å². The van der Waals surface area contributed by atoms with Crippen LogP contribution >= 0.6 is 12.4 Å². The quantitative estimate of drug-likeness (QED) is 0.594. The van der Waals surface area contributed by atoms with E-state index in [1.807, 2.05) is 60.7 Å². The van der Waals surface area contributed by atoms with Crippen LogP contribution in [0.1, 0.15) is 19.3 Å². The van der Waals surface area contributed by atoms with Crippen molar-refractivity contribution in [3.63, 3.8) is 0 Å². The van der Waals surface area contributed by atoms with Gasteiger partial charge in [-0.1, -0.05) is 36.4 Å². The smallest absolute Gasteiger partial charge is 0.231 e. The van der Waals surface area contributed by atoms with Crippen LogP contribution in [0.25, 0.3) is 0 Å². The number of unbranched alkanes of at least 4 members (excludes halogenated alkanes) is 1. The average molecular weight is 304 g/mol. The zero-order valence-corrected chi connectivity index (χ0v) is 12.5. The van der Waals surface area contributed by atoms with Gasteiger partial charge in [0.2, 0.25) is 5.91 Å². The van der Waals surface area contributed by atoms with Crippen LogP contribution < -0.4 is 4.90 Å². The molecule has 0 aliphatic rings. The summed E-state index contributed by atoms with van der Waals surface area (Å²) in [4.78, 5) is 24.5. The van der Waals surface area contributed by atoms with Crippen LogP contribution in [0.5, 0.6) is 0 Å². The fraction of sp³-hybridized carbons (Fsp3) is 0.176. The number of aldehydes is 1. The summed E-state index contributed by atoms with van der Waals surface area (Å²) in [7, 11) is 0. The Bertz CT molecular complexity index is 518. The molecular formula is C17H18ClNO2. The molecule has 0 spiro atoms. The maximum Gasteiger partial charge on any atom is 0.231 e. The Hall–Kier alpha value is -2.13. The third kappa shape index (κ3) is 4.72. The molecule has 0 radical (unpaired) electrons. The Morgan fingerprint density at radius 1 is 0.905 bits per heavy atom. The van der Waals surface area contributed by atoms with Gasteiger partial charge in [0.05, 0.1) is 0 Å². The molecule has 0 heterocycles. The highest BCUT2D eigenvalue weighted by Gasteiger charge is 2.16. The van der Waals surface area contributed by atoms with Crippen LogP contribution in [0.2, 0.25) is 0 Å². The van der Waals surface area contributed by atoms with Crippen LogP contribution in [-0.4, -0.2) is 12.2 Å². The number of para-hydroxylation sites is 2. The van der Waals surface area contributed by atoms with Crippen molar-refractivity contribution in [2.24, 2.45) is 0 Å². The number of amides is 1. The summed E-state index contributed by atoms with van der Waals surface area (Å²) in [6.07, 6.45) is 2.22. The number of anilines is 2. The van der Waals surface area contributed by atoms with E-state index in [2.05, 4.69) is 0 Å². The number of hydrogen-bond donors (Lipinski definition) is 0. The first kappa shape index (κ1) is 16.9. The molecule has 2 aromatic rings. The lowest BCUT2D eigenvalue weighted by molar-refractivity contribution is -0.118. The molecule has 0 aromatic heterocycles. The Morgan fingerprint density at radius 2 is 1.38 bits per heavy atom. The molecule has 0 saturated carbocycles. The van der Waals surface area contributed by atoms with Crippen LogP contribution in [0.4, 0.5) is 11.4 Å². The Balaban J connectivity index is 0.00000220. The summed E-state index contributed by atoms with van der Waals surface area (Å²) in [5, 5.41) is 0. The van der Waals surface area contributed by atoms with Gasteiger partial charge < -0.3 is 4.79 Å². The molecule has 21 heavy (non-hydrogen) atoms. The molecule has 3 nitrogen and oxygen atoms in total. The molecule has 0 saturated heterocycles. The first-order valence-corrected chi connectivity index (χ1v) is 6.69. The first-order chi connectivity index (χ1) is 9.83. The molecule has 0 aliphatic carbocycles. The number of benzene rings is 2. The van der Waals surface area contributed by atoms with Gasteiger partial charge in [0.25, 0.3) is 0 Å². The van der Waals surface area contributed by atoms with Crippen molar-refractivity contribution in [2.75, 3.05) is 4.90 Å². The highest BCUT2D eigenvalue weighted by atomic mass is 35.5. The van der Waals surface area contributed by atoms with Crippen molar-refractivity contribution < 1.29 is 9.59 Å². The van der Waals surface area contributed by atoms with Crippen molar-refractivity contribution in [2.45, 2.75) is 19.3 Å². The summed E-state index contributed by atoms with van der Waals surface area (Å²) in [6.45, 7) is 0. The summed E-state index contributed by atoms with van der Waals surface area (Å²) >= 11 is 0. The van der Waals surface area contributed by atoms with Gasteiger partial charge in [0.15, 0.2) is 0 Å². The van der Waals surface area contributed by atoms with Crippen molar-refractivity contribution in [3.05, 3.63) is 60.7 Å². The lowest BCUT2D eigenvalue weighted by atomic mass is 10.2. The molecule has 2 rings (SSSR count). The molecule has 0 atom stereocenters. The van der Waals surface area contributed by atoms with E-state index in [0.29, 0.717) is 19.3 Å². The van der Waals surface area contributed by atoms with Gasteiger partial charge in [0.1, 0.15) is 6.29 Å². The van der Waals surface area contributed by atoms with Gasteiger partial charge in [-0.25, -0.2) is 0 Å². The first-order valence-electron chi connectivity index (χ1n) is 6.69. The van der Waals surface area contributed by atoms with Crippen LogP contribution in [0, 0.1) is 0 Å². The summed E-state index contributed by atoms with van der Waals surface area (Å²) in [5.74, 6) is 0.00394. The van der Waals surface area contributed by atoms with Crippen LogP contribution in [0.3, 0.4) is 0 Å². The Morgan fingerprint density at radius 3 is 1.81 bits per heavy atom. The predicted octanol–water partition coefficient (Wildman–Crippen LogP) is 4.14. The van der Waals surface area contributed by atoms with E-state index in [9.17, 15) is 9.59 Å². The molecule has 0 aliphatic heterocycles. The van der Waals surface area contributed by atoms with E-state index in [1.54, 1.807) is 4.90 Å². The third-order valence-corrected chi connectivity index (χ3v) is 2.99. The predicted molar refractivity (Wildman–Crippen MR) is 87.2 cm³/mol. The maximum absolute atomic E-state index is 12.4. The SMILES string of the molecule is Cl.O=CCCCC(=O)N(c1ccccc1)c1ccccc1. The molecule has 1 amide bonds. The minimum absolute atomic E-state index is 0. The third-order valence-electron chi connectivity index (χ3n) is 2.99. The monoisotopic (exact) mass is 303 g/mol. The van der Waals surface area contributed by atoms with Gasteiger partial charge in [0, 0.05) is 24.2 Å². The van der Waals surface area contributed by atoms with Crippen molar-refractivity contribution in [1.82, 2.24) is 0 Å². The van der Waals surface area contributed by atoms with Gasteiger partial charge in [-0.2, -0.15) is 0 Å². The summed E-state index contributed by atoms with van der Waals surface area (Å²) < 4.78 is 0. The summed E-state index contributed by atoms with van der Waals surface area (Å²) in [5.41, 5.74) is 1.68. The van der Waals surface area contributed by atoms with E-state index in [0.717, 1.165) is 17.7 Å². The average Bonchev–Trinajstić information content (AvgIpc) is 2.50. The number of hydrogen-bond acceptors (Lipinski definition) is 2. The number of halogens is 1. The van der Waals surface area contributed by atoms with Gasteiger partial charge in [-0.15, -0.1) is 12.4 Å². The summed E-state index contributed by atoms with van der Waals surface area (Å²) in [6, 6.07) is 19.1. The van der Waals surface area contributed by atoms with Gasteiger partial charge >= 0.3 is 0 Å². The molecule has 2 aromatic carbocycles. The van der Waals surface area contributed by atoms with Crippen molar-refractivity contribution >= 4 is 36.0 Å². The zero-order chi connectivity index (χ0) is 14.2. The van der Waals surface area contributed by atoms with E-state index < -0.39 is 0 Å².